The number of rotatable bonds is 7. The Balaban J connectivity index is 1.60. The summed E-state index contributed by atoms with van der Waals surface area (Å²) in [5, 5.41) is 2.85. The van der Waals surface area contributed by atoms with Crippen LogP contribution in [0.25, 0.3) is 0 Å². The lowest BCUT2D eigenvalue weighted by Gasteiger charge is -2.37. The molecule has 1 saturated heterocycles. The molecule has 31 heavy (non-hydrogen) atoms. The van der Waals surface area contributed by atoms with Gasteiger partial charge >= 0.3 is 0 Å². The van der Waals surface area contributed by atoms with Crippen LogP contribution in [0, 0.1) is 28.1 Å². The van der Waals surface area contributed by atoms with Gasteiger partial charge in [-0.05, 0) is 35.5 Å². The Morgan fingerprint density at radius 3 is 2.23 bits per heavy atom. The van der Waals surface area contributed by atoms with Gasteiger partial charge in [0.15, 0.2) is 0 Å². The number of nitrogens with two attached hydrogens (primary N) is 2. The molecule has 4 rings (SSSR count). The van der Waals surface area contributed by atoms with Crippen molar-refractivity contribution in [2.45, 2.75) is 84.3 Å². The minimum Gasteiger partial charge on any atom is -0.363 e. The van der Waals surface area contributed by atoms with E-state index in [0.29, 0.717) is 25.3 Å². The van der Waals surface area contributed by atoms with Crippen molar-refractivity contribution in [2.24, 2.45) is 39.5 Å². The van der Waals surface area contributed by atoms with Gasteiger partial charge in [0.1, 0.15) is 5.54 Å². The van der Waals surface area contributed by atoms with Gasteiger partial charge in [0.25, 0.3) is 5.91 Å². The molecule has 0 aromatic heterocycles. The van der Waals surface area contributed by atoms with Crippen LogP contribution in [0.1, 0.15) is 66.7 Å². The maximum Gasteiger partial charge on any atom is 0.287 e. The first-order valence-corrected chi connectivity index (χ1v) is 11.4. The SMILES string of the molecule is CC(C)(C)[C@H](N)C(=O)N1CC2C(C)(C)C23CC13C(=O)NC(CC1CCC1)C(=O)C(N)=O. The Kier molecular flexibility index (Phi) is 4.68. The van der Waals surface area contributed by atoms with Gasteiger partial charge in [-0.1, -0.05) is 53.9 Å². The van der Waals surface area contributed by atoms with Crippen LogP contribution in [0.3, 0.4) is 0 Å². The molecule has 0 aromatic rings. The fourth-order valence-electron chi connectivity index (χ4n) is 6.52. The van der Waals surface area contributed by atoms with Gasteiger partial charge < -0.3 is 21.7 Å². The number of nitrogens with zero attached hydrogens (tertiary/aromatic N) is 1. The second-order valence-corrected chi connectivity index (χ2v) is 11.9. The number of amides is 3. The fourth-order valence-corrected chi connectivity index (χ4v) is 6.52. The molecule has 5 atom stereocenters. The van der Waals surface area contributed by atoms with Crippen LogP contribution in [-0.2, 0) is 19.2 Å². The minimum atomic E-state index is -1.04. The molecule has 4 aliphatic rings. The summed E-state index contributed by atoms with van der Waals surface area (Å²) in [6.07, 6.45) is 4.04. The molecule has 5 N–H and O–H groups in total. The van der Waals surface area contributed by atoms with Crippen molar-refractivity contribution in [3.63, 3.8) is 0 Å². The molecule has 3 saturated carbocycles. The highest BCUT2D eigenvalue weighted by Gasteiger charge is 2.98. The van der Waals surface area contributed by atoms with Gasteiger partial charge in [0.2, 0.25) is 17.6 Å². The number of piperidine rings is 2. The Labute approximate surface area is 183 Å². The van der Waals surface area contributed by atoms with E-state index in [4.69, 9.17) is 11.5 Å². The molecule has 4 unspecified atom stereocenters. The van der Waals surface area contributed by atoms with Crippen LogP contribution >= 0.6 is 0 Å². The first-order valence-electron chi connectivity index (χ1n) is 11.4. The van der Waals surface area contributed by atoms with Crippen molar-refractivity contribution in [3.8, 4) is 0 Å². The predicted octanol–water partition coefficient (Wildman–Crippen LogP) is 0.716. The monoisotopic (exact) mass is 432 g/mol. The molecule has 8 heteroatoms. The van der Waals surface area contributed by atoms with Crippen LogP contribution in [0.4, 0.5) is 0 Å². The van der Waals surface area contributed by atoms with Crippen molar-refractivity contribution in [1.29, 1.82) is 0 Å². The van der Waals surface area contributed by atoms with E-state index in [2.05, 4.69) is 19.2 Å². The molecule has 1 aliphatic heterocycles. The highest BCUT2D eigenvalue weighted by Crippen LogP contribution is 2.91. The summed E-state index contributed by atoms with van der Waals surface area (Å²) in [4.78, 5) is 52.8. The summed E-state index contributed by atoms with van der Waals surface area (Å²) in [5.74, 6) is -1.82. The number of primary amides is 1. The first kappa shape index (κ1) is 22.2. The van der Waals surface area contributed by atoms with E-state index >= 15 is 0 Å². The molecule has 4 fully saturated rings. The number of ketones is 1. The summed E-state index contributed by atoms with van der Waals surface area (Å²) in [6.45, 7) is 10.5. The van der Waals surface area contributed by atoms with E-state index < -0.39 is 34.7 Å². The second kappa shape index (κ2) is 6.53. The summed E-state index contributed by atoms with van der Waals surface area (Å²) >= 11 is 0. The van der Waals surface area contributed by atoms with Gasteiger partial charge in [0.05, 0.1) is 12.1 Å². The fraction of sp³-hybridized carbons (Fsp3) is 0.826. The topological polar surface area (TPSA) is 136 Å². The molecule has 3 aliphatic carbocycles. The number of Topliss-reactive ketones (excluding diaryl/α,β-unsaturated/α-hetero) is 1. The van der Waals surface area contributed by atoms with Crippen molar-refractivity contribution in [3.05, 3.63) is 0 Å². The van der Waals surface area contributed by atoms with Gasteiger partial charge in [-0.25, -0.2) is 0 Å². The molecular weight excluding hydrogens is 396 g/mol. The Morgan fingerprint density at radius 1 is 1.16 bits per heavy atom. The summed E-state index contributed by atoms with van der Waals surface area (Å²) in [7, 11) is 0. The third-order valence-electron chi connectivity index (χ3n) is 9.01. The molecule has 1 heterocycles. The van der Waals surface area contributed by atoms with E-state index in [0.717, 1.165) is 19.3 Å². The molecular formula is C23H36N4O4. The van der Waals surface area contributed by atoms with Crippen LogP contribution in [0.15, 0.2) is 0 Å². The standard InChI is InChI=1S/C23H36N4O4/c1-20(2,3)16(24)18(30)27-10-14-21(4,5)22(14)11-23(22,27)19(31)26-13(15(28)17(25)29)9-12-7-6-8-12/h12-14,16H,6-11,24H2,1-5H3,(H2,25,29)(H,26,31)/t13?,14?,16-,22?,23?/m1/s1. The van der Waals surface area contributed by atoms with E-state index in [1.165, 1.54) is 0 Å². The van der Waals surface area contributed by atoms with Crippen molar-refractivity contribution in [1.82, 2.24) is 10.2 Å². The number of carbonyl (C=O) groups is 4. The highest BCUT2D eigenvalue weighted by atomic mass is 16.2. The molecule has 8 nitrogen and oxygen atoms in total. The zero-order chi connectivity index (χ0) is 23.1. The van der Waals surface area contributed by atoms with Crippen LogP contribution < -0.4 is 16.8 Å². The minimum absolute atomic E-state index is 0.0515. The molecule has 0 radical (unpaired) electrons. The Morgan fingerprint density at radius 2 is 1.77 bits per heavy atom. The predicted molar refractivity (Wildman–Crippen MR) is 114 cm³/mol. The maximum absolute atomic E-state index is 13.7. The van der Waals surface area contributed by atoms with Gasteiger partial charge in [-0.3, -0.25) is 19.2 Å². The van der Waals surface area contributed by atoms with Gasteiger partial charge in [-0.15, -0.1) is 0 Å². The molecule has 0 bridgehead atoms. The lowest BCUT2D eigenvalue weighted by molar-refractivity contribution is -0.146. The van der Waals surface area contributed by atoms with E-state index in [1.54, 1.807) is 4.90 Å². The Hall–Kier alpha value is -1.96. The third-order valence-corrected chi connectivity index (χ3v) is 9.01. The quantitative estimate of drug-likeness (QED) is 0.509. The summed E-state index contributed by atoms with van der Waals surface area (Å²) in [5.41, 5.74) is 9.80. The smallest absolute Gasteiger partial charge is 0.287 e. The third kappa shape index (κ3) is 2.82. The lowest BCUT2D eigenvalue weighted by Crippen LogP contribution is -2.61. The zero-order valence-electron chi connectivity index (χ0n) is 19.3. The van der Waals surface area contributed by atoms with Crippen LogP contribution in [0.2, 0.25) is 0 Å². The maximum atomic E-state index is 13.7. The van der Waals surface area contributed by atoms with Crippen molar-refractivity contribution >= 4 is 23.5 Å². The zero-order valence-corrected chi connectivity index (χ0v) is 19.3. The Bertz CT molecular complexity index is 858. The number of hydrogen-bond donors (Lipinski definition) is 3. The molecule has 1 spiro atoms. The second-order valence-electron chi connectivity index (χ2n) is 11.9. The summed E-state index contributed by atoms with van der Waals surface area (Å²) in [6, 6.07) is -1.66. The average Bonchev–Trinajstić information content (AvgIpc) is 3.41. The van der Waals surface area contributed by atoms with Crippen LogP contribution in [0.5, 0.6) is 0 Å². The molecule has 172 valence electrons. The molecule has 0 aromatic carbocycles. The normalized spacial score (nSPS) is 34.6. The number of nitrogens with one attached hydrogen (secondary N) is 1. The van der Waals surface area contributed by atoms with Crippen molar-refractivity contribution in [2.75, 3.05) is 6.54 Å². The van der Waals surface area contributed by atoms with E-state index in [9.17, 15) is 19.2 Å². The summed E-state index contributed by atoms with van der Waals surface area (Å²) < 4.78 is 0. The number of hydrogen-bond acceptors (Lipinski definition) is 5. The van der Waals surface area contributed by atoms with Crippen molar-refractivity contribution < 1.29 is 19.2 Å². The first-order chi connectivity index (χ1) is 14.2. The van der Waals surface area contributed by atoms with E-state index in [1.807, 2.05) is 20.8 Å². The lowest BCUT2D eigenvalue weighted by atomic mass is 9.80. The van der Waals surface area contributed by atoms with Gasteiger partial charge in [-0.2, -0.15) is 0 Å². The number of carbonyl (C=O) groups excluding carboxylic acids is 4. The largest absolute Gasteiger partial charge is 0.363 e. The number of likely N-dealkylation sites (tertiary alicyclic amines) is 1. The van der Waals surface area contributed by atoms with E-state index in [-0.39, 0.29) is 28.6 Å². The van der Waals surface area contributed by atoms with Gasteiger partial charge in [0, 0.05) is 12.0 Å². The van der Waals surface area contributed by atoms with Crippen LogP contribution in [-0.4, -0.2) is 52.6 Å². The molecule has 3 amide bonds. The highest BCUT2D eigenvalue weighted by molar-refractivity contribution is 6.38. The average molecular weight is 433 g/mol.